The first kappa shape index (κ1) is 18.6. The third-order valence-electron chi connectivity index (χ3n) is 4.08. The van der Waals surface area contributed by atoms with E-state index in [9.17, 15) is 19.5 Å². The van der Waals surface area contributed by atoms with E-state index < -0.39 is 11.6 Å². The predicted octanol–water partition coefficient (Wildman–Crippen LogP) is 1.85. The Morgan fingerprint density at radius 3 is 2.62 bits per heavy atom. The summed E-state index contributed by atoms with van der Waals surface area (Å²) in [5.74, 6) is -1.06. The van der Waals surface area contributed by atoms with E-state index in [2.05, 4.69) is 5.32 Å². The summed E-state index contributed by atoms with van der Waals surface area (Å²) in [6, 6.07) is 3.52. The zero-order chi connectivity index (χ0) is 17.6. The summed E-state index contributed by atoms with van der Waals surface area (Å²) in [6.07, 6.45) is 4.03. The third-order valence-corrected chi connectivity index (χ3v) is 5.26. The molecule has 0 radical (unpaired) electrons. The molecule has 1 fully saturated rings. The summed E-state index contributed by atoms with van der Waals surface area (Å²) < 4.78 is 5.03. The molecule has 132 valence electrons. The number of Topliss-reactive ketones (excluding diaryl/α,β-unsaturated/α-hetero) is 1. The standard InChI is InChI=1S/C17H23NO5S/c1-12(19)18-10-7-13-5-6-15(24-13)14(20)11-23-16(21)17(22)8-3-2-4-9-17/h5-6,22H,2-4,7-11H2,1H3,(H,18,19). The number of nitrogens with one attached hydrogen (secondary N) is 1. The van der Waals surface area contributed by atoms with Gasteiger partial charge in [-0.3, -0.25) is 9.59 Å². The van der Waals surface area contributed by atoms with Crippen LogP contribution < -0.4 is 5.32 Å². The van der Waals surface area contributed by atoms with Gasteiger partial charge in [0.1, 0.15) is 0 Å². The van der Waals surface area contributed by atoms with Crippen LogP contribution in [0.3, 0.4) is 0 Å². The Labute approximate surface area is 145 Å². The molecule has 24 heavy (non-hydrogen) atoms. The molecule has 2 N–H and O–H groups in total. The van der Waals surface area contributed by atoms with Gasteiger partial charge in [0, 0.05) is 18.3 Å². The topological polar surface area (TPSA) is 92.7 Å². The van der Waals surface area contributed by atoms with Gasteiger partial charge in [-0.05, 0) is 44.2 Å². The van der Waals surface area contributed by atoms with E-state index in [1.807, 2.05) is 6.07 Å². The van der Waals surface area contributed by atoms with Crippen molar-refractivity contribution >= 4 is 29.0 Å². The molecule has 1 saturated carbocycles. The molecule has 1 aliphatic carbocycles. The first-order valence-corrected chi connectivity index (χ1v) is 8.98. The minimum atomic E-state index is -1.43. The zero-order valence-electron chi connectivity index (χ0n) is 13.8. The van der Waals surface area contributed by atoms with Crippen molar-refractivity contribution in [2.45, 2.75) is 51.0 Å². The van der Waals surface area contributed by atoms with Crippen LogP contribution in [-0.4, -0.2) is 41.5 Å². The van der Waals surface area contributed by atoms with Crippen molar-refractivity contribution < 1.29 is 24.2 Å². The number of ether oxygens (including phenoxy) is 1. The molecular weight excluding hydrogens is 330 g/mol. The zero-order valence-corrected chi connectivity index (χ0v) is 14.6. The van der Waals surface area contributed by atoms with Gasteiger partial charge in [0.25, 0.3) is 0 Å². The molecule has 1 aromatic heterocycles. The molecule has 1 heterocycles. The van der Waals surface area contributed by atoms with Crippen molar-refractivity contribution in [2.75, 3.05) is 13.2 Å². The highest BCUT2D eigenvalue weighted by Gasteiger charge is 2.38. The van der Waals surface area contributed by atoms with Gasteiger partial charge in [-0.1, -0.05) is 6.42 Å². The average Bonchev–Trinajstić information content (AvgIpc) is 3.01. The van der Waals surface area contributed by atoms with Crippen LogP contribution in [0.5, 0.6) is 0 Å². The summed E-state index contributed by atoms with van der Waals surface area (Å²) in [7, 11) is 0. The Morgan fingerprint density at radius 1 is 1.25 bits per heavy atom. The fraction of sp³-hybridized carbons (Fsp3) is 0.588. The third kappa shape index (κ3) is 5.14. The van der Waals surface area contributed by atoms with Gasteiger partial charge >= 0.3 is 5.97 Å². The summed E-state index contributed by atoms with van der Waals surface area (Å²) in [5.41, 5.74) is -1.43. The van der Waals surface area contributed by atoms with Gasteiger partial charge in [0.15, 0.2) is 12.2 Å². The molecule has 7 heteroatoms. The van der Waals surface area contributed by atoms with Crippen LogP contribution in [0.2, 0.25) is 0 Å². The van der Waals surface area contributed by atoms with E-state index in [-0.39, 0.29) is 18.3 Å². The predicted molar refractivity (Wildman–Crippen MR) is 90.0 cm³/mol. The Balaban J connectivity index is 1.81. The highest BCUT2D eigenvalue weighted by Crippen LogP contribution is 2.29. The first-order chi connectivity index (χ1) is 11.4. The largest absolute Gasteiger partial charge is 0.455 e. The lowest BCUT2D eigenvalue weighted by Crippen LogP contribution is -2.42. The Morgan fingerprint density at radius 2 is 1.96 bits per heavy atom. The lowest BCUT2D eigenvalue weighted by molar-refractivity contribution is -0.167. The number of carbonyl (C=O) groups is 3. The lowest BCUT2D eigenvalue weighted by atomic mass is 9.85. The number of carbonyl (C=O) groups excluding carboxylic acids is 3. The van der Waals surface area contributed by atoms with E-state index in [4.69, 9.17) is 4.74 Å². The quantitative estimate of drug-likeness (QED) is 0.576. The first-order valence-electron chi connectivity index (χ1n) is 8.17. The summed E-state index contributed by atoms with van der Waals surface area (Å²) in [4.78, 5) is 36.4. The van der Waals surface area contributed by atoms with E-state index in [1.165, 1.54) is 18.3 Å². The van der Waals surface area contributed by atoms with Crippen LogP contribution in [0.25, 0.3) is 0 Å². The average molecular weight is 353 g/mol. The van der Waals surface area contributed by atoms with Gasteiger partial charge < -0.3 is 15.2 Å². The molecule has 1 amide bonds. The Hall–Kier alpha value is -1.73. The minimum absolute atomic E-state index is 0.0876. The molecule has 1 aromatic rings. The number of hydrogen-bond acceptors (Lipinski definition) is 6. The summed E-state index contributed by atoms with van der Waals surface area (Å²) >= 11 is 1.32. The van der Waals surface area contributed by atoms with E-state index in [0.717, 1.165) is 24.1 Å². The lowest BCUT2D eigenvalue weighted by Gasteiger charge is -2.29. The maximum atomic E-state index is 12.1. The van der Waals surface area contributed by atoms with Crippen LogP contribution in [-0.2, 0) is 20.7 Å². The van der Waals surface area contributed by atoms with Crippen LogP contribution in [0, 0.1) is 0 Å². The van der Waals surface area contributed by atoms with Crippen molar-refractivity contribution in [3.63, 3.8) is 0 Å². The van der Waals surface area contributed by atoms with Gasteiger partial charge in [-0.25, -0.2) is 4.79 Å². The molecule has 0 atom stereocenters. The number of rotatable bonds is 7. The molecule has 0 spiro atoms. The fourth-order valence-corrected chi connectivity index (χ4v) is 3.63. The number of hydrogen-bond donors (Lipinski definition) is 2. The van der Waals surface area contributed by atoms with Gasteiger partial charge in [0.05, 0.1) is 4.88 Å². The monoisotopic (exact) mass is 353 g/mol. The highest BCUT2D eigenvalue weighted by atomic mass is 32.1. The van der Waals surface area contributed by atoms with Crippen LogP contribution >= 0.6 is 11.3 Å². The van der Waals surface area contributed by atoms with Crippen molar-refractivity contribution in [3.8, 4) is 0 Å². The smallest absolute Gasteiger partial charge is 0.338 e. The molecule has 0 unspecified atom stereocenters. The molecular formula is C17H23NO5S. The SMILES string of the molecule is CC(=O)NCCc1ccc(C(=O)COC(=O)C2(O)CCCCC2)s1. The fourth-order valence-electron chi connectivity index (χ4n) is 2.70. The van der Waals surface area contributed by atoms with Gasteiger partial charge in [-0.15, -0.1) is 11.3 Å². The second kappa shape index (κ2) is 8.39. The van der Waals surface area contributed by atoms with Crippen molar-refractivity contribution in [2.24, 2.45) is 0 Å². The maximum Gasteiger partial charge on any atom is 0.338 e. The second-order valence-corrected chi connectivity index (χ2v) is 7.26. The number of aliphatic hydroxyl groups is 1. The molecule has 0 saturated heterocycles. The Bertz CT molecular complexity index is 604. The van der Waals surface area contributed by atoms with Gasteiger partial charge in [0.2, 0.25) is 11.7 Å². The van der Waals surface area contributed by atoms with Crippen LogP contribution in [0.15, 0.2) is 12.1 Å². The Kier molecular flexibility index (Phi) is 6.51. The van der Waals surface area contributed by atoms with Gasteiger partial charge in [-0.2, -0.15) is 0 Å². The number of thiophene rings is 1. The summed E-state index contributed by atoms with van der Waals surface area (Å²) in [6.45, 7) is 1.62. The molecule has 0 aromatic carbocycles. The van der Waals surface area contributed by atoms with Crippen molar-refractivity contribution in [1.29, 1.82) is 0 Å². The normalized spacial score (nSPS) is 16.4. The van der Waals surface area contributed by atoms with E-state index in [0.29, 0.717) is 30.7 Å². The maximum absolute atomic E-state index is 12.1. The number of amides is 1. The molecule has 1 aliphatic rings. The summed E-state index contributed by atoms with van der Waals surface area (Å²) in [5, 5.41) is 13.0. The highest BCUT2D eigenvalue weighted by molar-refractivity contribution is 7.14. The van der Waals surface area contributed by atoms with Crippen LogP contribution in [0.4, 0.5) is 0 Å². The van der Waals surface area contributed by atoms with Crippen molar-refractivity contribution in [3.05, 3.63) is 21.9 Å². The number of ketones is 1. The minimum Gasteiger partial charge on any atom is -0.455 e. The number of esters is 1. The molecule has 6 nitrogen and oxygen atoms in total. The van der Waals surface area contributed by atoms with Crippen LogP contribution in [0.1, 0.15) is 53.6 Å². The van der Waals surface area contributed by atoms with Crippen molar-refractivity contribution in [1.82, 2.24) is 5.32 Å². The molecule has 0 bridgehead atoms. The molecule has 2 rings (SSSR count). The second-order valence-electron chi connectivity index (χ2n) is 6.09. The van der Waals surface area contributed by atoms with E-state index in [1.54, 1.807) is 6.07 Å². The van der Waals surface area contributed by atoms with E-state index >= 15 is 0 Å². The molecule has 0 aliphatic heterocycles.